The van der Waals surface area contributed by atoms with Gasteiger partial charge in [0.1, 0.15) is 0 Å². The molecule has 0 radical (unpaired) electrons. The fraction of sp³-hybridized carbons (Fsp3) is 0. The standard InChI is InChI=1S/C42H26N4/c1-3-14-28(15-4-1)40-33-20-9-11-21-36(33)43-42(44-40)46-37-22-12-10-19-31(37)34-25-38-35(26-39(34)46)32-24-23-27-13-7-8-18-30(27)41(32)45(38)29-16-5-2-6-17-29/h1-26H. The van der Waals surface area contributed by atoms with Gasteiger partial charge < -0.3 is 4.57 Å². The topological polar surface area (TPSA) is 35.6 Å². The normalized spacial score (nSPS) is 11.9. The molecule has 3 aromatic heterocycles. The highest BCUT2D eigenvalue weighted by Crippen LogP contribution is 2.41. The van der Waals surface area contributed by atoms with Crippen LogP contribution in [0.15, 0.2) is 158 Å². The van der Waals surface area contributed by atoms with Crippen LogP contribution in [0.4, 0.5) is 0 Å². The van der Waals surface area contributed by atoms with E-state index in [2.05, 4.69) is 155 Å². The van der Waals surface area contributed by atoms with E-state index in [-0.39, 0.29) is 0 Å². The molecule has 10 aromatic rings. The van der Waals surface area contributed by atoms with Crippen LogP contribution in [-0.4, -0.2) is 19.1 Å². The predicted octanol–water partition coefficient (Wildman–Crippen LogP) is 10.6. The molecule has 4 heteroatoms. The van der Waals surface area contributed by atoms with Gasteiger partial charge in [-0.25, -0.2) is 9.97 Å². The molecule has 0 aliphatic heterocycles. The highest BCUT2D eigenvalue weighted by molar-refractivity contribution is 6.23. The zero-order valence-corrected chi connectivity index (χ0v) is 24.8. The van der Waals surface area contributed by atoms with E-state index < -0.39 is 0 Å². The lowest BCUT2D eigenvalue weighted by atomic mass is 10.0. The van der Waals surface area contributed by atoms with Crippen molar-refractivity contribution in [2.75, 3.05) is 0 Å². The second-order valence-corrected chi connectivity index (χ2v) is 11.8. The van der Waals surface area contributed by atoms with Crippen LogP contribution in [0.25, 0.3) is 88.2 Å². The molecule has 4 nitrogen and oxygen atoms in total. The van der Waals surface area contributed by atoms with Crippen molar-refractivity contribution in [3.63, 3.8) is 0 Å². The van der Waals surface area contributed by atoms with Crippen LogP contribution < -0.4 is 0 Å². The maximum Gasteiger partial charge on any atom is 0.235 e. The summed E-state index contributed by atoms with van der Waals surface area (Å²) in [4.78, 5) is 10.5. The summed E-state index contributed by atoms with van der Waals surface area (Å²) in [6.07, 6.45) is 0. The maximum atomic E-state index is 5.30. The number of rotatable bonds is 3. The summed E-state index contributed by atoms with van der Waals surface area (Å²) in [5.41, 5.74) is 8.64. The first-order chi connectivity index (χ1) is 22.8. The van der Waals surface area contributed by atoms with Crippen LogP contribution in [0.2, 0.25) is 0 Å². The number of nitrogens with zero attached hydrogens (tertiary/aromatic N) is 4. The molecule has 0 saturated heterocycles. The van der Waals surface area contributed by atoms with Crippen molar-refractivity contribution in [2.24, 2.45) is 0 Å². The van der Waals surface area contributed by atoms with Crippen molar-refractivity contribution in [1.82, 2.24) is 19.1 Å². The number of fused-ring (bicyclic) bond motifs is 9. The molecule has 0 aliphatic carbocycles. The number of aromatic nitrogens is 4. The summed E-state index contributed by atoms with van der Waals surface area (Å²) < 4.78 is 4.67. The molecule has 0 N–H and O–H groups in total. The molecule has 0 amide bonds. The minimum absolute atomic E-state index is 0.667. The van der Waals surface area contributed by atoms with Crippen LogP contribution in [0, 0.1) is 0 Å². The first-order valence-electron chi connectivity index (χ1n) is 15.6. The number of hydrogen-bond acceptors (Lipinski definition) is 2. The van der Waals surface area contributed by atoms with Crippen LogP contribution in [-0.2, 0) is 0 Å². The van der Waals surface area contributed by atoms with Crippen molar-refractivity contribution < 1.29 is 0 Å². The Morgan fingerprint density at radius 3 is 1.85 bits per heavy atom. The van der Waals surface area contributed by atoms with Crippen LogP contribution in [0.1, 0.15) is 0 Å². The van der Waals surface area contributed by atoms with Gasteiger partial charge in [0.15, 0.2) is 0 Å². The molecule has 0 unspecified atom stereocenters. The molecular formula is C42H26N4. The second kappa shape index (κ2) is 9.62. The number of para-hydroxylation sites is 3. The fourth-order valence-corrected chi connectivity index (χ4v) is 7.28. The van der Waals surface area contributed by atoms with Gasteiger partial charge in [-0.05, 0) is 41.8 Å². The van der Waals surface area contributed by atoms with Gasteiger partial charge in [-0.3, -0.25) is 4.57 Å². The first kappa shape index (κ1) is 25.1. The Morgan fingerprint density at radius 1 is 0.391 bits per heavy atom. The molecule has 0 aliphatic rings. The fourth-order valence-electron chi connectivity index (χ4n) is 7.28. The van der Waals surface area contributed by atoms with E-state index in [1.165, 1.54) is 43.4 Å². The van der Waals surface area contributed by atoms with Gasteiger partial charge in [-0.2, -0.15) is 0 Å². The zero-order chi connectivity index (χ0) is 30.2. The third-order valence-corrected chi connectivity index (χ3v) is 9.30. The van der Waals surface area contributed by atoms with Gasteiger partial charge >= 0.3 is 0 Å². The SMILES string of the molecule is c1ccc(-c2nc(-n3c4ccccc4c4cc5c(cc43)c3ccc4ccccc4c3n5-c3ccccc3)nc3ccccc23)cc1. The smallest absolute Gasteiger partial charge is 0.235 e. The monoisotopic (exact) mass is 586 g/mol. The van der Waals surface area contributed by atoms with Crippen molar-refractivity contribution in [3.8, 4) is 22.9 Å². The second-order valence-electron chi connectivity index (χ2n) is 11.8. The summed E-state index contributed by atoms with van der Waals surface area (Å²) in [7, 11) is 0. The van der Waals surface area contributed by atoms with Crippen molar-refractivity contribution in [3.05, 3.63) is 158 Å². The largest absolute Gasteiger partial charge is 0.309 e. The predicted molar refractivity (Wildman–Crippen MR) is 191 cm³/mol. The molecule has 46 heavy (non-hydrogen) atoms. The van der Waals surface area contributed by atoms with Gasteiger partial charge in [0, 0.05) is 43.6 Å². The Balaban J connectivity index is 1.37. The molecule has 0 spiro atoms. The molecule has 214 valence electrons. The average molecular weight is 587 g/mol. The Hall–Kier alpha value is -6.26. The molecule has 3 heterocycles. The van der Waals surface area contributed by atoms with E-state index >= 15 is 0 Å². The van der Waals surface area contributed by atoms with Gasteiger partial charge in [0.25, 0.3) is 0 Å². The van der Waals surface area contributed by atoms with Crippen molar-refractivity contribution >= 4 is 65.3 Å². The van der Waals surface area contributed by atoms with Crippen molar-refractivity contribution in [2.45, 2.75) is 0 Å². The lowest BCUT2D eigenvalue weighted by molar-refractivity contribution is 1.01. The van der Waals surface area contributed by atoms with E-state index in [0.717, 1.165) is 38.9 Å². The third-order valence-electron chi connectivity index (χ3n) is 9.30. The van der Waals surface area contributed by atoms with E-state index in [0.29, 0.717) is 5.95 Å². The minimum atomic E-state index is 0.667. The van der Waals surface area contributed by atoms with Crippen molar-refractivity contribution in [1.29, 1.82) is 0 Å². The summed E-state index contributed by atoms with van der Waals surface area (Å²) in [5, 5.41) is 8.28. The Bertz CT molecular complexity index is 2790. The Kier molecular flexibility index (Phi) is 5.25. The highest BCUT2D eigenvalue weighted by Gasteiger charge is 2.21. The Morgan fingerprint density at radius 2 is 1.02 bits per heavy atom. The molecule has 7 aromatic carbocycles. The maximum absolute atomic E-state index is 5.30. The quantitative estimate of drug-likeness (QED) is 0.206. The number of benzene rings is 7. The molecule has 0 bridgehead atoms. The van der Waals surface area contributed by atoms with E-state index in [9.17, 15) is 0 Å². The highest BCUT2D eigenvalue weighted by atomic mass is 15.2. The summed E-state index contributed by atoms with van der Waals surface area (Å²) in [5.74, 6) is 0.667. The van der Waals surface area contributed by atoms with E-state index in [4.69, 9.17) is 9.97 Å². The molecule has 0 saturated carbocycles. The summed E-state index contributed by atoms with van der Waals surface area (Å²) in [6, 6.07) is 55.9. The lowest BCUT2D eigenvalue weighted by Gasteiger charge is -2.12. The third kappa shape index (κ3) is 3.55. The molecule has 0 atom stereocenters. The molecule has 10 rings (SSSR count). The summed E-state index contributed by atoms with van der Waals surface area (Å²) in [6.45, 7) is 0. The van der Waals surface area contributed by atoms with Crippen LogP contribution in [0.5, 0.6) is 0 Å². The average Bonchev–Trinajstić information content (AvgIpc) is 3.63. The van der Waals surface area contributed by atoms with Gasteiger partial charge in [-0.1, -0.05) is 121 Å². The van der Waals surface area contributed by atoms with Gasteiger partial charge in [0.2, 0.25) is 5.95 Å². The van der Waals surface area contributed by atoms with E-state index in [1.54, 1.807) is 0 Å². The number of hydrogen-bond donors (Lipinski definition) is 0. The van der Waals surface area contributed by atoms with Gasteiger partial charge in [-0.15, -0.1) is 0 Å². The Labute approximate surface area is 264 Å². The minimum Gasteiger partial charge on any atom is -0.309 e. The zero-order valence-electron chi connectivity index (χ0n) is 24.8. The first-order valence-corrected chi connectivity index (χ1v) is 15.6. The summed E-state index contributed by atoms with van der Waals surface area (Å²) >= 11 is 0. The van der Waals surface area contributed by atoms with Crippen LogP contribution >= 0.6 is 0 Å². The molecular weight excluding hydrogens is 560 g/mol. The van der Waals surface area contributed by atoms with Crippen LogP contribution in [0.3, 0.4) is 0 Å². The molecule has 0 fully saturated rings. The van der Waals surface area contributed by atoms with E-state index in [1.807, 2.05) is 12.1 Å². The van der Waals surface area contributed by atoms with Gasteiger partial charge in [0.05, 0.1) is 33.3 Å². The lowest BCUT2D eigenvalue weighted by Crippen LogP contribution is -2.03.